The zero-order valence-corrected chi connectivity index (χ0v) is 10.2. The zero-order chi connectivity index (χ0) is 10.9. The highest BCUT2D eigenvalue weighted by atomic mass is 28.3. The van der Waals surface area contributed by atoms with Gasteiger partial charge in [0.15, 0.2) is 0 Å². The Morgan fingerprint density at radius 3 is 2.47 bits per heavy atom. The molecule has 1 aromatic rings. The van der Waals surface area contributed by atoms with Crippen molar-refractivity contribution in [1.82, 2.24) is 0 Å². The third-order valence-electron chi connectivity index (χ3n) is 3.40. The molecule has 1 fully saturated rings. The summed E-state index contributed by atoms with van der Waals surface area (Å²) in [6, 6.07) is 10.5. The normalized spacial score (nSPS) is 21.5. The number of esters is 1. The monoisotopic (exact) mass is 220 g/mol. The van der Waals surface area contributed by atoms with E-state index in [0.29, 0.717) is 18.6 Å². The minimum atomic E-state index is -1.53. The molecular formula is C12H16O2Si. The second-order valence-corrected chi connectivity index (χ2v) is 9.51. The van der Waals surface area contributed by atoms with Gasteiger partial charge in [-0.2, -0.15) is 0 Å². The standard InChI is InChI=1S/C12H16O2Si/c1-15(2,10-6-4-3-5-7-10)11-8-12(13)14-9-11/h3-7,11H,8-9H2,1-2H3/t11-/m1/s1. The largest absolute Gasteiger partial charge is 0.466 e. The van der Waals surface area contributed by atoms with E-state index in [0.717, 1.165) is 0 Å². The number of cyclic esters (lactones) is 1. The summed E-state index contributed by atoms with van der Waals surface area (Å²) in [5.74, 6) is -0.0310. The van der Waals surface area contributed by atoms with Gasteiger partial charge in [0.2, 0.25) is 0 Å². The summed E-state index contributed by atoms with van der Waals surface area (Å²) >= 11 is 0. The fraction of sp³-hybridized carbons (Fsp3) is 0.417. The number of hydrogen-bond acceptors (Lipinski definition) is 2. The van der Waals surface area contributed by atoms with Crippen LogP contribution in [0.15, 0.2) is 30.3 Å². The van der Waals surface area contributed by atoms with E-state index < -0.39 is 8.07 Å². The van der Waals surface area contributed by atoms with Crippen LogP contribution in [0, 0.1) is 0 Å². The second-order valence-electron chi connectivity index (χ2n) is 4.67. The Hall–Kier alpha value is -1.09. The summed E-state index contributed by atoms with van der Waals surface area (Å²) in [4.78, 5) is 11.1. The van der Waals surface area contributed by atoms with E-state index in [4.69, 9.17) is 4.74 Å². The lowest BCUT2D eigenvalue weighted by molar-refractivity contribution is -0.137. The number of carbonyl (C=O) groups is 1. The van der Waals surface area contributed by atoms with Crippen molar-refractivity contribution in [2.45, 2.75) is 25.1 Å². The van der Waals surface area contributed by atoms with E-state index >= 15 is 0 Å². The fourth-order valence-corrected chi connectivity index (χ4v) is 4.78. The van der Waals surface area contributed by atoms with Crippen molar-refractivity contribution < 1.29 is 9.53 Å². The van der Waals surface area contributed by atoms with E-state index in [2.05, 4.69) is 37.4 Å². The molecule has 1 saturated heterocycles. The van der Waals surface area contributed by atoms with Gasteiger partial charge in [-0.15, -0.1) is 0 Å². The summed E-state index contributed by atoms with van der Waals surface area (Å²) in [6.45, 7) is 5.25. The van der Waals surface area contributed by atoms with E-state index in [1.807, 2.05) is 6.07 Å². The first-order valence-corrected chi connectivity index (χ1v) is 8.39. The summed E-state index contributed by atoms with van der Waals surface area (Å²) in [5.41, 5.74) is 0.437. The van der Waals surface area contributed by atoms with Crippen LogP contribution >= 0.6 is 0 Å². The van der Waals surface area contributed by atoms with Gasteiger partial charge in [-0.05, 0) is 0 Å². The first kappa shape index (κ1) is 10.4. The maximum atomic E-state index is 11.1. The van der Waals surface area contributed by atoms with Crippen molar-refractivity contribution in [1.29, 1.82) is 0 Å². The SMILES string of the molecule is C[Si](C)(c1ccccc1)[C@H]1COC(=O)C1. The third-order valence-corrected chi connectivity index (χ3v) is 7.63. The predicted molar refractivity (Wildman–Crippen MR) is 62.9 cm³/mol. The minimum absolute atomic E-state index is 0.0310. The second kappa shape index (κ2) is 3.81. The minimum Gasteiger partial charge on any atom is -0.466 e. The van der Waals surface area contributed by atoms with Crippen molar-refractivity contribution in [3.63, 3.8) is 0 Å². The topological polar surface area (TPSA) is 26.3 Å². The molecule has 3 heteroatoms. The van der Waals surface area contributed by atoms with Crippen LogP contribution < -0.4 is 5.19 Å². The molecule has 0 aliphatic carbocycles. The summed E-state index contributed by atoms with van der Waals surface area (Å²) in [6.07, 6.45) is 0.605. The van der Waals surface area contributed by atoms with Crippen molar-refractivity contribution >= 4 is 19.2 Å². The predicted octanol–water partition coefficient (Wildman–Crippen LogP) is 1.92. The molecule has 0 amide bonds. The van der Waals surface area contributed by atoms with Gasteiger partial charge in [-0.3, -0.25) is 4.79 Å². The van der Waals surface area contributed by atoms with E-state index in [1.165, 1.54) is 5.19 Å². The van der Waals surface area contributed by atoms with Crippen LogP contribution in [0.5, 0.6) is 0 Å². The lowest BCUT2D eigenvalue weighted by Crippen LogP contribution is -2.46. The van der Waals surface area contributed by atoms with Crippen LogP contribution in [0.25, 0.3) is 0 Å². The van der Waals surface area contributed by atoms with Gasteiger partial charge in [0.05, 0.1) is 14.7 Å². The van der Waals surface area contributed by atoms with Gasteiger partial charge in [-0.1, -0.05) is 48.6 Å². The fourth-order valence-electron chi connectivity index (χ4n) is 2.08. The highest BCUT2D eigenvalue weighted by Crippen LogP contribution is 2.30. The number of benzene rings is 1. The van der Waals surface area contributed by atoms with Gasteiger partial charge >= 0.3 is 5.97 Å². The van der Waals surface area contributed by atoms with Gasteiger partial charge < -0.3 is 4.74 Å². The van der Waals surface area contributed by atoms with Crippen molar-refractivity contribution in [2.24, 2.45) is 0 Å². The molecule has 15 heavy (non-hydrogen) atoms. The van der Waals surface area contributed by atoms with Crippen LogP contribution in [0.3, 0.4) is 0 Å². The van der Waals surface area contributed by atoms with Crippen LogP contribution in [0.4, 0.5) is 0 Å². The van der Waals surface area contributed by atoms with Crippen LogP contribution in [0.2, 0.25) is 18.6 Å². The van der Waals surface area contributed by atoms with Crippen molar-refractivity contribution in [3.8, 4) is 0 Å². The summed E-state index contributed by atoms with van der Waals surface area (Å²) in [7, 11) is -1.53. The lowest BCUT2D eigenvalue weighted by Gasteiger charge is -2.27. The first-order chi connectivity index (χ1) is 7.10. The molecule has 80 valence electrons. The molecule has 0 N–H and O–H groups in total. The van der Waals surface area contributed by atoms with Crippen LogP contribution in [-0.2, 0) is 9.53 Å². The number of ether oxygens (including phenoxy) is 1. The van der Waals surface area contributed by atoms with Gasteiger partial charge in [0.1, 0.15) is 0 Å². The van der Waals surface area contributed by atoms with E-state index in [9.17, 15) is 4.79 Å². The van der Waals surface area contributed by atoms with E-state index in [1.54, 1.807) is 0 Å². The molecule has 0 bridgehead atoms. The Kier molecular flexibility index (Phi) is 2.65. The molecular weight excluding hydrogens is 204 g/mol. The third kappa shape index (κ3) is 1.97. The first-order valence-electron chi connectivity index (χ1n) is 5.32. The zero-order valence-electron chi connectivity index (χ0n) is 9.19. The Balaban J connectivity index is 2.23. The number of rotatable bonds is 2. The maximum absolute atomic E-state index is 11.1. The molecule has 0 spiro atoms. The van der Waals surface area contributed by atoms with Gasteiger partial charge in [-0.25, -0.2) is 0 Å². The average Bonchev–Trinajstić information content (AvgIpc) is 2.67. The highest BCUT2D eigenvalue weighted by Gasteiger charge is 2.39. The molecule has 1 heterocycles. The molecule has 1 aliphatic rings. The maximum Gasteiger partial charge on any atom is 0.305 e. The number of carbonyl (C=O) groups excluding carboxylic acids is 1. The molecule has 0 radical (unpaired) electrons. The molecule has 0 aromatic heterocycles. The van der Waals surface area contributed by atoms with Gasteiger partial charge in [0, 0.05) is 12.0 Å². The molecule has 0 unspecified atom stereocenters. The van der Waals surface area contributed by atoms with Crippen molar-refractivity contribution in [3.05, 3.63) is 30.3 Å². The Morgan fingerprint density at radius 2 is 1.93 bits per heavy atom. The Morgan fingerprint density at radius 1 is 1.27 bits per heavy atom. The Labute approximate surface area is 91.3 Å². The smallest absolute Gasteiger partial charge is 0.305 e. The van der Waals surface area contributed by atoms with Crippen molar-refractivity contribution in [2.75, 3.05) is 6.61 Å². The Bertz CT molecular complexity index is 359. The molecule has 1 aliphatic heterocycles. The molecule has 1 aromatic carbocycles. The van der Waals surface area contributed by atoms with Crippen LogP contribution in [0.1, 0.15) is 6.42 Å². The molecule has 0 saturated carbocycles. The molecule has 2 rings (SSSR count). The van der Waals surface area contributed by atoms with E-state index in [-0.39, 0.29) is 5.97 Å². The molecule has 1 atom stereocenters. The van der Waals surface area contributed by atoms with Crippen LogP contribution in [-0.4, -0.2) is 20.7 Å². The quantitative estimate of drug-likeness (QED) is 0.562. The lowest BCUT2D eigenvalue weighted by atomic mass is 10.3. The summed E-state index contributed by atoms with van der Waals surface area (Å²) in [5, 5.41) is 1.41. The summed E-state index contributed by atoms with van der Waals surface area (Å²) < 4.78 is 5.07. The van der Waals surface area contributed by atoms with Gasteiger partial charge in [0.25, 0.3) is 0 Å². The number of hydrogen-bond donors (Lipinski definition) is 0. The molecule has 2 nitrogen and oxygen atoms in total. The highest BCUT2D eigenvalue weighted by molar-refractivity contribution is 6.91. The average molecular weight is 220 g/mol.